The van der Waals surface area contributed by atoms with Gasteiger partial charge in [-0.3, -0.25) is 0 Å². The fourth-order valence-corrected chi connectivity index (χ4v) is 3.40. The molecule has 1 atom stereocenters. The largest absolute Gasteiger partial charge is 0.388 e. The number of benzene rings is 1. The molecule has 0 aliphatic rings. The maximum absolute atomic E-state index is 11.0. The van der Waals surface area contributed by atoms with Gasteiger partial charge in [-0.15, -0.1) is 34.2 Å². The maximum atomic E-state index is 11.0. The van der Waals surface area contributed by atoms with E-state index < -0.39 is 5.60 Å². The van der Waals surface area contributed by atoms with Crippen molar-refractivity contribution < 1.29 is 5.11 Å². The van der Waals surface area contributed by atoms with Crippen molar-refractivity contribution in [2.24, 2.45) is 12.0 Å². The number of halogens is 1. The van der Waals surface area contributed by atoms with Gasteiger partial charge in [-0.2, -0.15) is 0 Å². The lowest BCUT2D eigenvalue weighted by Crippen LogP contribution is -2.47. The molecule has 3 N–H and O–H groups in total. The Kier molecular flexibility index (Phi) is 11.3. The van der Waals surface area contributed by atoms with E-state index in [1.54, 1.807) is 0 Å². The Morgan fingerprint density at radius 3 is 2.33 bits per heavy atom. The first-order valence-electron chi connectivity index (χ1n) is 10.6. The van der Waals surface area contributed by atoms with Crippen LogP contribution in [0.15, 0.2) is 35.3 Å². The van der Waals surface area contributed by atoms with Gasteiger partial charge in [0.15, 0.2) is 11.8 Å². The summed E-state index contributed by atoms with van der Waals surface area (Å²) >= 11 is 0. The quantitative estimate of drug-likeness (QED) is 0.248. The summed E-state index contributed by atoms with van der Waals surface area (Å²) in [4.78, 5) is 4.72. The predicted octanol–water partition coefficient (Wildman–Crippen LogP) is 3.87. The van der Waals surface area contributed by atoms with Gasteiger partial charge in [0, 0.05) is 13.6 Å². The number of aryl methyl sites for hydroxylation is 1. The van der Waals surface area contributed by atoms with Crippen molar-refractivity contribution in [2.45, 2.75) is 71.6 Å². The molecule has 2 aromatic rings. The predicted molar refractivity (Wildman–Crippen MR) is 133 cm³/mol. The first-order valence-corrected chi connectivity index (χ1v) is 10.6. The van der Waals surface area contributed by atoms with Crippen molar-refractivity contribution in [3.63, 3.8) is 0 Å². The zero-order valence-electron chi connectivity index (χ0n) is 18.9. The van der Waals surface area contributed by atoms with Gasteiger partial charge in [0.1, 0.15) is 12.4 Å². The van der Waals surface area contributed by atoms with E-state index in [2.05, 4.69) is 53.7 Å². The monoisotopic (exact) mass is 528 g/mol. The van der Waals surface area contributed by atoms with Crippen LogP contribution in [0.4, 0.5) is 0 Å². The van der Waals surface area contributed by atoms with E-state index in [4.69, 9.17) is 4.99 Å². The molecule has 0 fully saturated rings. The summed E-state index contributed by atoms with van der Waals surface area (Å²) in [7, 11) is 1.94. The minimum atomic E-state index is -0.733. The smallest absolute Gasteiger partial charge is 0.192 e. The van der Waals surface area contributed by atoms with Gasteiger partial charge in [0.2, 0.25) is 0 Å². The molecule has 1 heterocycles. The van der Waals surface area contributed by atoms with Gasteiger partial charge < -0.3 is 20.3 Å². The Bertz CT molecular complexity index is 771. The fourth-order valence-electron chi connectivity index (χ4n) is 3.40. The number of aliphatic hydroxyl groups is 1. The van der Waals surface area contributed by atoms with Crippen molar-refractivity contribution >= 4 is 29.9 Å². The number of guanidine groups is 1. The molecule has 1 aromatic carbocycles. The lowest BCUT2D eigenvalue weighted by Gasteiger charge is -2.29. The van der Waals surface area contributed by atoms with E-state index in [0.717, 1.165) is 37.3 Å². The standard InChI is InChI=1S/C22H36N6O.HI/c1-6-13-22(29,14-7-2)16-24-21(23-15-20-27-26-18(4)28(20)5)25-17(3)19-11-9-8-10-12-19;/h8-12,17,29H,6-7,13-16H2,1-5H3,(H2,23,24,25);1H. The molecule has 0 saturated carbocycles. The summed E-state index contributed by atoms with van der Waals surface area (Å²) in [5.41, 5.74) is 0.442. The first-order chi connectivity index (χ1) is 13.9. The van der Waals surface area contributed by atoms with Crippen LogP contribution in [0.5, 0.6) is 0 Å². The molecule has 1 aromatic heterocycles. The molecule has 0 bridgehead atoms. The molecule has 7 nitrogen and oxygen atoms in total. The molecule has 0 aliphatic carbocycles. The highest BCUT2D eigenvalue weighted by atomic mass is 127. The van der Waals surface area contributed by atoms with Crippen LogP contribution in [0, 0.1) is 6.92 Å². The topological polar surface area (TPSA) is 87.4 Å². The second-order valence-corrected chi connectivity index (χ2v) is 7.74. The minimum absolute atomic E-state index is 0. The minimum Gasteiger partial charge on any atom is -0.388 e. The molecular weight excluding hydrogens is 491 g/mol. The molecule has 8 heteroatoms. The summed E-state index contributed by atoms with van der Waals surface area (Å²) in [6.45, 7) is 9.09. The molecule has 0 spiro atoms. The second-order valence-electron chi connectivity index (χ2n) is 7.74. The summed E-state index contributed by atoms with van der Waals surface area (Å²) in [5, 5.41) is 26.1. The van der Waals surface area contributed by atoms with Crippen LogP contribution in [0.1, 0.15) is 69.7 Å². The molecule has 0 amide bonds. The number of rotatable bonds is 10. The Labute approximate surface area is 197 Å². The van der Waals surface area contributed by atoms with Gasteiger partial charge in [0.25, 0.3) is 0 Å². The average Bonchev–Trinajstić information content (AvgIpc) is 3.03. The molecule has 30 heavy (non-hydrogen) atoms. The highest BCUT2D eigenvalue weighted by Gasteiger charge is 2.25. The number of hydrogen-bond acceptors (Lipinski definition) is 4. The summed E-state index contributed by atoms with van der Waals surface area (Å²) in [6, 6.07) is 10.3. The summed E-state index contributed by atoms with van der Waals surface area (Å²) < 4.78 is 1.94. The SMILES string of the molecule is CCCC(O)(CCC)CNC(=NCc1nnc(C)n1C)NC(C)c1ccccc1.I. The number of hydrogen-bond donors (Lipinski definition) is 3. The average molecular weight is 528 g/mol. The van der Waals surface area contributed by atoms with Crippen LogP contribution < -0.4 is 10.6 Å². The highest BCUT2D eigenvalue weighted by Crippen LogP contribution is 2.18. The van der Waals surface area contributed by atoms with Gasteiger partial charge >= 0.3 is 0 Å². The molecule has 168 valence electrons. The summed E-state index contributed by atoms with van der Waals surface area (Å²) in [6.07, 6.45) is 3.41. The number of nitrogens with zero attached hydrogens (tertiary/aromatic N) is 4. The number of nitrogens with one attached hydrogen (secondary N) is 2. The maximum Gasteiger partial charge on any atom is 0.192 e. The van der Waals surface area contributed by atoms with Crippen LogP contribution >= 0.6 is 24.0 Å². The van der Waals surface area contributed by atoms with E-state index in [9.17, 15) is 5.11 Å². The zero-order chi connectivity index (χ0) is 21.3. The van der Waals surface area contributed by atoms with Crippen molar-refractivity contribution in [2.75, 3.05) is 6.54 Å². The van der Waals surface area contributed by atoms with E-state index in [-0.39, 0.29) is 30.0 Å². The third kappa shape index (κ3) is 7.86. The van der Waals surface area contributed by atoms with E-state index in [1.165, 1.54) is 5.56 Å². The van der Waals surface area contributed by atoms with Crippen molar-refractivity contribution in [3.8, 4) is 0 Å². The van der Waals surface area contributed by atoms with Gasteiger partial charge in [0.05, 0.1) is 11.6 Å². The Morgan fingerprint density at radius 1 is 1.17 bits per heavy atom. The van der Waals surface area contributed by atoms with Crippen molar-refractivity contribution in [3.05, 3.63) is 47.5 Å². The first kappa shape index (κ1) is 26.4. The number of aliphatic imine (C=N–C) groups is 1. The van der Waals surface area contributed by atoms with E-state index >= 15 is 0 Å². The Balaban J connectivity index is 0.00000450. The molecule has 2 rings (SSSR count). The second kappa shape index (κ2) is 12.9. The van der Waals surface area contributed by atoms with Gasteiger partial charge in [-0.1, -0.05) is 57.0 Å². The molecular formula is C22H37IN6O. The third-order valence-corrected chi connectivity index (χ3v) is 5.23. The fraction of sp³-hybridized carbons (Fsp3) is 0.591. The summed E-state index contributed by atoms with van der Waals surface area (Å²) in [5.74, 6) is 2.32. The van der Waals surface area contributed by atoms with Gasteiger partial charge in [-0.05, 0) is 32.3 Å². The zero-order valence-corrected chi connectivity index (χ0v) is 21.2. The molecule has 0 radical (unpaired) electrons. The molecule has 0 aliphatic heterocycles. The van der Waals surface area contributed by atoms with Crippen LogP contribution in [0.3, 0.4) is 0 Å². The van der Waals surface area contributed by atoms with Crippen molar-refractivity contribution in [1.29, 1.82) is 0 Å². The van der Waals surface area contributed by atoms with E-state index in [1.807, 2.05) is 36.7 Å². The normalized spacial score (nSPS) is 12.9. The van der Waals surface area contributed by atoms with E-state index in [0.29, 0.717) is 19.0 Å². The lowest BCUT2D eigenvalue weighted by atomic mass is 9.93. The Hall–Kier alpha value is -1.68. The van der Waals surface area contributed by atoms with Gasteiger partial charge in [-0.25, -0.2) is 4.99 Å². The van der Waals surface area contributed by atoms with Crippen LogP contribution in [-0.4, -0.2) is 38.0 Å². The van der Waals surface area contributed by atoms with Crippen LogP contribution in [-0.2, 0) is 13.6 Å². The molecule has 1 unspecified atom stereocenters. The third-order valence-electron chi connectivity index (χ3n) is 5.23. The highest BCUT2D eigenvalue weighted by molar-refractivity contribution is 14.0. The lowest BCUT2D eigenvalue weighted by molar-refractivity contribution is 0.0257. The Morgan fingerprint density at radius 2 is 1.80 bits per heavy atom. The van der Waals surface area contributed by atoms with Crippen LogP contribution in [0.2, 0.25) is 0 Å². The van der Waals surface area contributed by atoms with Crippen molar-refractivity contribution in [1.82, 2.24) is 25.4 Å². The molecule has 0 saturated heterocycles. The number of aromatic nitrogens is 3. The van der Waals surface area contributed by atoms with Crippen LogP contribution in [0.25, 0.3) is 0 Å².